The monoisotopic (exact) mass is 312 g/mol. The molecule has 5 heteroatoms. The van der Waals surface area contributed by atoms with E-state index in [1.807, 2.05) is 19.1 Å². The van der Waals surface area contributed by atoms with Crippen LogP contribution in [0.25, 0.3) is 0 Å². The number of nitrogens with one attached hydrogen (secondary N) is 1. The molecule has 118 valence electrons. The van der Waals surface area contributed by atoms with Gasteiger partial charge in [-0.15, -0.1) is 0 Å². The summed E-state index contributed by atoms with van der Waals surface area (Å²) in [5.74, 6) is -1.75. The minimum Gasteiger partial charge on any atom is -0.325 e. The number of anilines is 2. The number of hydrogen-bond acceptors (Lipinski definition) is 2. The van der Waals surface area contributed by atoms with Crippen LogP contribution in [0.5, 0.6) is 0 Å². The average Bonchev–Trinajstić information content (AvgIpc) is 2.91. The fourth-order valence-electron chi connectivity index (χ4n) is 2.69. The summed E-state index contributed by atoms with van der Waals surface area (Å²) in [5.41, 5.74) is 2.25. The summed E-state index contributed by atoms with van der Waals surface area (Å²) in [6.45, 7) is 2.37. The van der Waals surface area contributed by atoms with Crippen LogP contribution in [0.2, 0.25) is 0 Å². The highest BCUT2D eigenvalue weighted by Crippen LogP contribution is 2.26. The lowest BCUT2D eigenvalue weighted by molar-refractivity contribution is -0.129. The van der Waals surface area contributed by atoms with Crippen LogP contribution in [-0.2, 0) is 9.59 Å². The lowest BCUT2D eigenvalue weighted by Crippen LogP contribution is -2.33. The normalized spacial score (nSPS) is 17.4. The van der Waals surface area contributed by atoms with E-state index in [2.05, 4.69) is 5.32 Å². The molecule has 0 unspecified atom stereocenters. The number of aryl methyl sites for hydroxylation is 1. The van der Waals surface area contributed by atoms with Crippen molar-refractivity contribution >= 4 is 23.2 Å². The van der Waals surface area contributed by atoms with Crippen molar-refractivity contribution in [2.24, 2.45) is 5.92 Å². The second-order valence-electron chi connectivity index (χ2n) is 5.67. The molecule has 2 aromatic carbocycles. The molecule has 1 heterocycles. The van der Waals surface area contributed by atoms with Crippen LogP contribution < -0.4 is 10.2 Å². The second kappa shape index (κ2) is 6.20. The molecule has 3 rings (SSSR count). The number of benzene rings is 2. The molecule has 0 aliphatic carbocycles. The predicted octanol–water partition coefficient (Wildman–Crippen LogP) is 3.13. The Labute approximate surface area is 133 Å². The molecular weight excluding hydrogens is 295 g/mol. The maximum atomic E-state index is 13.3. The fourth-order valence-corrected chi connectivity index (χ4v) is 2.69. The van der Waals surface area contributed by atoms with Gasteiger partial charge >= 0.3 is 0 Å². The summed E-state index contributed by atoms with van der Waals surface area (Å²) in [6.07, 6.45) is 0.424. The van der Waals surface area contributed by atoms with Crippen LogP contribution in [0.15, 0.2) is 48.5 Å². The van der Waals surface area contributed by atoms with Crippen molar-refractivity contribution in [1.82, 2.24) is 0 Å². The molecule has 1 fully saturated rings. The molecule has 23 heavy (non-hydrogen) atoms. The second-order valence-corrected chi connectivity index (χ2v) is 5.67. The third kappa shape index (κ3) is 3.23. The summed E-state index contributed by atoms with van der Waals surface area (Å²) in [6, 6.07) is 13.2. The van der Waals surface area contributed by atoms with Crippen LogP contribution in [-0.4, -0.2) is 18.4 Å². The Morgan fingerprint density at radius 1 is 1.22 bits per heavy atom. The molecule has 1 aliphatic rings. The van der Waals surface area contributed by atoms with Gasteiger partial charge in [-0.3, -0.25) is 9.59 Å². The Balaban J connectivity index is 1.71. The number of carbonyl (C=O) groups excluding carboxylic acids is 2. The van der Waals surface area contributed by atoms with Gasteiger partial charge in [0.25, 0.3) is 0 Å². The minimum absolute atomic E-state index is 0.291. The van der Waals surface area contributed by atoms with Gasteiger partial charge in [-0.2, -0.15) is 0 Å². The van der Waals surface area contributed by atoms with E-state index < -0.39 is 11.7 Å². The molecule has 0 aromatic heterocycles. The van der Waals surface area contributed by atoms with Crippen LogP contribution in [0.3, 0.4) is 0 Å². The lowest BCUT2D eigenvalue weighted by Gasteiger charge is -2.16. The number of amides is 2. The molecule has 1 N–H and O–H groups in total. The summed E-state index contributed by atoms with van der Waals surface area (Å²) in [5, 5.41) is 2.76. The zero-order chi connectivity index (χ0) is 16.4. The van der Waals surface area contributed by atoms with E-state index in [0.29, 0.717) is 24.3 Å². The highest BCUT2D eigenvalue weighted by molar-refractivity contribution is 6.13. The predicted molar refractivity (Wildman–Crippen MR) is 86.7 cm³/mol. The van der Waals surface area contributed by atoms with Gasteiger partial charge in [0.2, 0.25) is 11.8 Å². The fraction of sp³-hybridized carbons (Fsp3) is 0.222. The Morgan fingerprint density at radius 2 is 1.96 bits per heavy atom. The third-order valence-corrected chi connectivity index (χ3v) is 3.96. The van der Waals surface area contributed by atoms with Crippen molar-refractivity contribution in [3.63, 3.8) is 0 Å². The summed E-state index contributed by atoms with van der Waals surface area (Å²) < 4.78 is 13.3. The quantitative estimate of drug-likeness (QED) is 0.885. The van der Waals surface area contributed by atoms with E-state index in [0.717, 1.165) is 5.56 Å². The SMILES string of the molecule is Cc1ccc(NC(=O)[C@@H]2CCN(c3cccc(F)c3)C2=O)cc1. The molecule has 0 spiro atoms. The van der Waals surface area contributed by atoms with Gasteiger partial charge in [-0.05, 0) is 43.7 Å². The van der Waals surface area contributed by atoms with Gasteiger partial charge in [0.1, 0.15) is 11.7 Å². The van der Waals surface area contributed by atoms with Crippen molar-refractivity contribution in [2.45, 2.75) is 13.3 Å². The van der Waals surface area contributed by atoms with Gasteiger partial charge in [-0.25, -0.2) is 4.39 Å². The number of hydrogen-bond donors (Lipinski definition) is 1. The number of carbonyl (C=O) groups is 2. The van der Waals surface area contributed by atoms with Gasteiger partial charge < -0.3 is 10.2 Å². The number of nitrogens with zero attached hydrogens (tertiary/aromatic N) is 1. The maximum Gasteiger partial charge on any atom is 0.239 e. The van der Waals surface area contributed by atoms with Crippen LogP contribution in [0.4, 0.5) is 15.8 Å². The molecular formula is C18H17FN2O2. The molecule has 4 nitrogen and oxygen atoms in total. The molecule has 1 atom stereocenters. The zero-order valence-electron chi connectivity index (χ0n) is 12.8. The van der Waals surface area contributed by atoms with E-state index in [4.69, 9.17) is 0 Å². The third-order valence-electron chi connectivity index (χ3n) is 3.96. The first-order chi connectivity index (χ1) is 11.0. The first-order valence-electron chi connectivity index (χ1n) is 7.49. The number of rotatable bonds is 3. The largest absolute Gasteiger partial charge is 0.325 e. The Kier molecular flexibility index (Phi) is 4.10. The summed E-state index contributed by atoms with van der Waals surface area (Å²) in [7, 11) is 0. The smallest absolute Gasteiger partial charge is 0.239 e. The molecule has 1 aliphatic heterocycles. The Morgan fingerprint density at radius 3 is 2.65 bits per heavy atom. The van der Waals surface area contributed by atoms with Crippen molar-refractivity contribution in [2.75, 3.05) is 16.8 Å². The van der Waals surface area contributed by atoms with Crippen molar-refractivity contribution in [3.8, 4) is 0 Å². The van der Waals surface area contributed by atoms with Crippen molar-refractivity contribution in [1.29, 1.82) is 0 Å². The van der Waals surface area contributed by atoms with Crippen LogP contribution in [0, 0.1) is 18.7 Å². The van der Waals surface area contributed by atoms with E-state index >= 15 is 0 Å². The van der Waals surface area contributed by atoms with E-state index in [9.17, 15) is 14.0 Å². The van der Waals surface area contributed by atoms with Gasteiger partial charge in [0.05, 0.1) is 0 Å². The standard InChI is InChI=1S/C18H17FN2O2/c1-12-5-7-14(8-6-12)20-17(22)16-9-10-21(18(16)23)15-4-2-3-13(19)11-15/h2-8,11,16H,9-10H2,1H3,(H,20,22)/t16-/m0/s1. The van der Waals surface area contributed by atoms with Gasteiger partial charge in [-0.1, -0.05) is 23.8 Å². The van der Waals surface area contributed by atoms with Gasteiger partial charge in [0, 0.05) is 17.9 Å². The van der Waals surface area contributed by atoms with Crippen LogP contribution in [0.1, 0.15) is 12.0 Å². The highest BCUT2D eigenvalue weighted by Gasteiger charge is 2.37. The maximum absolute atomic E-state index is 13.3. The Bertz CT molecular complexity index is 743. The summed E-state index contributed by atoms with van der Waals surface area (Å²) in [4.78, 5) is 26.2. The molecule has 0 radical (unpaired) electrons. The van der Waals surface area contributed by atoms with E-state index in [1.54, 1.807) is 24.3 Å². The van der Waals surface area contributed by atoms with Gasteiger partial charge in [0.15, 0.2) is 0 Å². The molecule has 2 aromatic rings. The molecule has 1 saturated heterocycles. The first kappa shape index (κ1) is 15.2. The zero-order valence-corrected chi connectivity index (χ0v) is 12.8. The molecule has 0 saturated carbocycles. The van der Waals surface area contributed by atoms with Crippen LogP contribution >= 0.6 is 0 Å². The van der Waals surface area contributed by atoms with Crippen molar-refractivity contribution < 1.29 is 14.0 Å². The first-order valence-corrected chi connectivity index (χ1v) is 7.49. The van der Waals surface area contributed by atoms with E-state index in [-0.39, 0.29) is 11.8 Å². The average molecular weight is 312 g/mol. The topological polar surface area (TPSA) is 49.4 Å². The number of halogens is 1. The summed E-state index contributed by atoms with van der Waals surface area (Å²) >= 11 is 0. The molecule has 0 bridgehead atoms. The lowest BCUT2D eigenvalue weighted by atomic mass is 10.1. The minimum atomic E-state index is -0.737. The highest BCUT2D eigenvalue weighted by atomic mass is 19.1. The van der Waals surface area contributed by atoms with E-state index in [1.165, 1.54) is 17.0 Å². The van der Waals surface area contributed by atoms with Crippen molar-refractivity contribution in [3.05, 3.63) is 59.9 Å². The molecule has 2 amide bonds. The Hall–Kier alpha value is -2.69.